The van der Waals surface area contributed by atoms with Gasteiger partial charge in [0.25, 0.3) is 0 Å². The lowest BCUT2D eigenvalue weighted by molar-refractivity contribution is -0.137. The SMILES string of the molecule is CC(=O)NC1CCN(c2cncc(N3CCc4ccc(C(F)(F)F)cc4C3)n2)CC1. The van der Waals surface area contributed by atoms with Crippen molar-refractivity contribution in [1.82, 2.24) is 15.3 Å². The molecular weight excluding hydrogens is 395 g/mol. The molecule has 160 valence electrons. The Morgan fingerprint density at radius 1 is 1.07 bits per heavy atom. The number of halogens is 3. The van der Waals surface area contributed by atoms with Crippen LogP contribution in [-0.2, 0) is 23.9 Å². The van der Waals surface area contributed by atoms with Gasteiger partial charge in [0.1, 0.15) is 11.6 Å². The van der Waals surface area contributed by atoms with Crippen molar-refractivity contribution in [2.24, 2.45) is 0 Å². The van der Waals surface area contributed by atoms with Crippen LogP contribution < -0.4 is 15.1 Å². The van der Waals surface area contributed by atoms with E-state index in [0.717, 1.165) is 43.4 Å². The molecule has 3 heterocycles. The molecule has 1 amide bonds. The van der Waals surface area contributed by atoms with E-state index >= 15 is 0 Å². The normalized spacial score (nSPS) is 17.6. The maximum absolute atomic E-state index is 13.1. The van der Waals surface area contributed by atoms with E-state index < -0.39 is 11.7 Å². The van der Waals surface area contributed by atoms with Gasteiger partial charge in [0.05, 0.1) is 18.0 Å². The maximum Gasteiger partial charge on any atom is 0.416 e. The van der Waals surface area contributed by atoms with Gasteiger partial charge in [-0.15, -0.1) is 0 Å². The Morgan fingerprint density at radius 3 is 2.43 bits per heavy atom. The molecule has 0 unspecified atom stereocenters. The third-order valence-electron chi connectivity index (χ3n) is 5.71. The van der Waals surface area contributed by atoms with Crippen molar-refractivity contribution < 1.29 is 18.0 Å². The number of rotatable bonds is 3. The number of aromatic nitrogens is 2. The Labute approximate surface area is 173 Å². The third kappa shape index (κ3) is 4.49. The number of carbonyl (C=O) groups is 1. The van der Waals surface area contributed by atoms with Crippen LogP contribution in [0.5, 0.6) is 0 Å². The summed E-state index contributed by atoms with van der Waals surface area (Å²) in [5.74, 6) is 1.40. The molecule has 0 radical (unpaired) electrons. The monoisotopic (exact) mass is 419 g/mol. The highest BCUT2D eigenvalue weighted by atomic mass is 19.4. The van der Waals surface area contributed by atoms with Crippen molar-refractivity contribution in [1.29, 1.82) is 0 Å². The molecule has 0 bridgehead atoms. The zero-order valence-corrected chi connectivity index (χ0v) is 16.7. The van der Waals surface area contributed by atoms with Crippen LogP contribution in [0.4, 0.5) is 24.8 Å². The summed E-state index contributed by atoms with van der Waals surface area (Å²) in [5.41, 5.74) is 1.01. The van der Waals surface area contributed by atoms with Gasteiger partial charge in [-0.2, -0.15) is 13.2 Å². The van der Waals surface area contributed by atoms with E-state index in [2.05, 4.69) is 15.2 Å². The minimum Gasteiger partial charge on any atom is -0.355 e. The number of amides is 1. The number of fused-ring (bicyclic) bond motifs is 1. The van der Waals surface area contributed by atoms with Gasteiger partial charge >= 0.3 is 6.18 Å². The van der Waals surface area contributed by atoms with Crippen LogP contribution in [0.15, 0.2) is 30.6 Å². The summed E-state index contributed by atoms with van der Waals surface area (Å²) in [6.07, 6.45) is 1.36. The second-order valence-corrected chi connectivity index (χ2v) is 7.85. The van der Waals surface area contributed by atoms with Crippen molar-refractivity contribution in [3.05, 3.63) is 47.3 Å². The lowest BCUT2D eigenvalue weighted by Crippen LogP contribution is -2.44. The molecule has 1 saturated heterocycles. The first-order valence-electron chi connectivity index (χ1n) is 10.1. The van der Waals surface area contributed by atoms with Crippen molar-refractivity contribution >= 4 is 17.5 Å². The largest absolute Gasteiger partial charge is 0.416 e. The van der Waals surface area contributed by atoms with Gasteiger partial charge in [-0.3, -0.25) is 9.78 Å². The lowest BCUT2D eigenvalue weighted by atomic mass is 9.97. The number of carbonyl (C=O) groups excluding carboxylic acids is 1. The first-order valence-corrected chi connectivity index (χ1v) is 10.1. The number of hydrogen-bond acceptors (Lipinski definition) is 5. The Morgan fingerprint density at radius 2 is 1.77 bits per heavy atom. The van der Waals surface area contributed by atoms with Crippen LogP contribution in [0.25, 0.3) is 0 Å². The number of anilines is 2. The Balaban J connectivity index is 1.47. The fourth-order valence-electron chi connectivity index (χ4n) is 4.12. The van der Waals surface area contributed by atoms with E-state index in [1.807, 2.05) is 4.90 Å². The van der Waals surface area contributed by atoms with Gasteiger partial charge in [0.15, 0.2) is 0 Å². The molecule has 1 N–H and O–H groups in total. The highest BCUT2D eigenvalue weighted by molar-refractivity contribution is 5.73. The van der Waals surface area contributed by atoms with Crippen molar-refractivity contribution in [2.75, 3.05) is 29.4 Å². The molecule has 1 aromatic carbocycles. The standard InChI is InChI=1S/C21H24F3N5O/c1-14(30)26-18-5-8-28(9-6-18)19-11-25-12-20(27-19)29-7-4-15-2-3-17(21(22,23)24)10-16(15)13-29/h2-3,10-12,18H,4-9,13H2,1H3,(H,26,30). The van der Waals surface area contributed by atoms with Crippen LogP contribution in [0, 0.1) is 0 Å². The van der Waals surface area contributed by atoms with Crippen molar-refractivity contribution in [2.45, 2.75) is 44.9 Å². The van der Waals surface area contributed by atoms with E-state index in [9.17, 15) is 18.0 Å². The Kier molecular flexibility index (Phi) is 5.53. The number of benzene rings is 1. The zero-order valence-electron chi connectivity index (χ0n) is 16.7. The minimum absolute atomic E-state index is 0.0192. The number of nitrogens with zero attached hydrogens (tertiary/aromatic N) is 4. The second-order valence-electron chi connectivity index (χ2n) is 7.85. The summed E-state index contributed by atoms with van der Waals surface area (Å²) in [7, 11) is 0. The van der Waals surface area contributed by atoms with Crippen molar-refractivity contribution in [3.8, 4) is 0 Å². The number of hydrogen-bond donors (Lipinski definition) is 1. The third-order valence-corrected chi connectivity index (χ3v) is 5.71. The van der Waals surface area contributed by atoms with E-state index in [4.69, 9.17) is 4.98 Å². The predicted octanol–water partition coefficient (Wildman–Crippen LogP) is 3.16. The van der Waals surface area contributed by atoms with Gasteiger partial charge in [-0.05, 0) is 42.5 Å². The molecule has 2 aromatic rings. The fourth-order valence-corrected chi connectivity index (χ4v) is 4.12. The van der Waals surface area contributed by atoms with Gasteiger partial charge in [0, 0.05) is 39.1 Å². The molecule has 30 heavy (non-hydrogen) atoms. The summed E-state index contributed by atoms with van der Waals surface area (Å²) >= 11 is 0. The predicted molar refractivity (Wildman–Crippen MR) is 107 cm³/mol. The van der Waals surface area contributed by atoms with Crippen molar-refractivity contribution in [3.63, 3.8) is 0 Å². The number of piperidine rings is 1. The van der Waals surface area contributed by atoms with Gasteiger partial charge in [-0.1, -0.05) is 6.07 Å². The highest BCUT2D eigenvalue weighted by Crippen LogP contribution is 2.33. The summed E-state index contributed by atoms with van der Waals surface area (Å²) in [4.78, 5) is 24.4. The van der Waals surface area contributed by atoms with E-state index in [1.165, 1.54) is 13.0 Å². The minimum atomic E-state index is -4.35. The van der Waals surface area contributed by atoms with Crippen LogP contribution in [0.3, 0.4) is 0 Å². The first kappa shape index (κ1) is 20.4. The van der Waals surface area contributed by atoms with Gasteiger partial charge < -0.3 is 15.1 Å². The Bertz CT molecular complexity index is 925. The smallest absolute Gasteiger partial charge is 0.355 e. The van der Waals surface area contributed by atoms with Crippen LogP contribution in [0.1, 0.15) is 36.5 Å². The summed E-state index contributed by atoms with van der Waals surface area (Å²) in [6, 6.07) is 4.15. The molecule has 0 saturated carbocycles. The molecule has 1 fully saturated rings. The molecule has 1 aromatic heterocycles. The lowest BCUT2D eigenvalue weighted by Gasteiger charge is -2.34. The zero-order chi connectivity index (χ0) is 21.3. The summed E-state index contributed by atoms with van der Waals surface area (Å²) in [6.45, 7) is 4.11. The molecule has 0 spiro atoms. The van der Waals surface area contributed by atoms with E-state index in [-0.39, 0.29) is 11.9 Å². The average Bonchev–Trinajstić information content (AvgIpc) is 2.72. The fraction of sp³-hybridized carbons (Fsp3) is 0.476. The maximum atomic E-state index is 13.1. The molecule has 2 aliphatic rings. The molecule has 6 nitrogen and oxygen atoms in total. The summed E-state index contributed by atoms with van der Waals surface area (Å²) in [5, 5.41) is 2.95. The first-order chi connectivity index (χ1) is 14.3. The summed E-state index contributed by atoms with van der Waals surface area (Å²) < 4.78 is 39.2. The Hall–Kier alpha value is -2.84. The number of alkyl halides is 3. The molecular formula is C21H24F3N5O. The van der Waals surface area contributed by atoms with Gasteiger partial charge in [0.2, 0.25) is 5.91 Å². The topological polar surface area (TPSA) is 61.4 Å². The molecule has 0 aliphatic carbocycles. The highest BCUT2D eigenvalue weighted by Gasteiger charge is 2.32. The molecule has 4 rings (SSSR count). The number of nitrogens with one attached hydrogen (secondary N) is 1. The van der Waals surface area contributed by atoms with E-state index in [1.54, 1.807) is 18.5 Å². The van der Waals surface area contributed by atoms with Gasteiger partial charge in [-0.25, -0.2) is 4.98 Å². The van der Waals surface area contributed by atoms with E-state index in [0.29, 0.717) is 30.9 Å². The molecule has 9 heteroatoms. The molecule has 2 aliphatic heterocycles. The average molecular weight is 419 g/mol. The van der Waals surface area contributed by atoms with Crippen LogP contribution >= 0.6 is 0 Å². The second kappa shape index (κ2) is 8.12. The molecule has 0 atom stereocenters. The quantitative estimate of drug-likeness (QED) is 0.828. The van der Waals surface area contributed by atoms with Crippen LogP contribution in [-0.4, -0.2) is 41.6 Å². The van der Waals surface area contributed by atoms with Crippen LogP contribution in [0.2, 0.25) is 0 Å².